The Labute approximate surface area is 326 Å². The Morgan fingerprint density at radius 3 is 1.62 bits per heavy atom. The van der Waals surface area contributed by atoms with Crippen molar-refractivity contribution in [1.29, 1.82) is 0 Å². The van der Waals surface area contributed by atoms with E-state index >= 15 is 0 Å². The monoisotopic (exact) mass is 737 g/mol. The van der Waals surface area contributed by atoms with Gasteiger partial charge in [-0.15, -0.1) is 0 Å². The molecule has 0 spiro atoms. The summed E-state index contributed by atoms with van der Waals surface area (Å²) in [5, 5.41) is 9.15. The number of ether oxygens (including phenoxy) is 1. The van der Waals surface area contributed by atoms with Crippen molar-refractivity contribution in [3.05, 3.63) is 130 Å². The van der Waals surface area contributed by atoms with E-state index in [0.717, 1.165) is 70.9 Å². The van der Waals surface area contributed by atoms with Gasteiger partial charge in [0.1, 0.15) is 5.75 Å². The van der Waals surface area contributed by atoms with E-state index < -0.39 is 0 Å². The van der Waals surface area contributed by atoms with E-state index in [2.05, 4.69) is 72.5 Å². The second kappa shape index (κ2) is 17.6. The molecule has 0 aromatic heterocycles. The van der Waals surface area contributed by atoms with Crippen molar-refractivity contribution in [3.63, 3.8) is 0 Å². The number of methoxy groups -OCH3 is 1. The molecule has 0 saturated carbocycles. The van der Waals surface area contributed by atoms with Gasteiger partial charge >= 0.3 is 6.03 Å². The van der Waals surface area contributed by atoms with Crippen LogP contribution in [0.25, 0.3) is 11.1 Å². The van der Waals surface area contributed by atoms with Crippen LogP contribution in [0.1, 0.15) is 69.4 Å². The highest BCUT2D eigenvalue weighted by Gasteiger charge is 2.23. The Kier molecular flexibility index (Phi) is 12.5. The molecule has 5 aromatic carbocycles. The summed E-state index contributed by atoms with van der Waals surface area (Å²) in [6, 6.07) is 29.4. The predicted molar refractivity (Wildman–Crippen MR) is 230 cm³/mol. The quantitative estimate of drug-likeness (QED) is 0.148. The van der Waals surface area contributed by atoms with E-state index in [1.807, 2.05) is 85.8 Å². The minimum Gasteiger partial charge on any atom is -0.495 e. The molecule has 2 saturated heterocycles. The SMILES string of the molecule is COc1ccccc1NC(=O)Nc1c(C)cc(C)c(N2CCCC2)c1C.Cc1cc(C)c(N2CCCC2)c(C)c1NC(=O)c1ccccc1-c1ccccc1. The van der Waals surface area contributed by atoms with Crippen LogP contribution in [0.2, 0.25) is 0 Å². The average Bonchev–Trinajstić information content (AvgIpc) is 3.92. The zero-order chi connectivity index (χ0) is 39.1. The molecule has 0 atom stereocenters. The molecule has 0 aliphatic carbocycles. The van der Waals surface area contributed by atoms with E-state index in [4.69, 9.17) is 4.74 Å². The van der Waals surface area contributed by atoms with Gasteiger partial charge in [-0.05, 0) is 130 Å². The molecular formula is C47H55N5O3. The van der Waals surface area contributed by atoms with Crippen LogP contribution >= 0.6 is 0 Å². The van der Waals surface area contributed by atoms with Crippen molar-refractivity contribution in [2.24, 2.45) is 0 Å². The first-order valence-electron chi connectivity index (χ1n) is 19.5. The number of aryl methyl sites for hydroxylation is 4. The van der Waals surface area contributed by atoms with E-state index in [0.29, 0.717) is 17.0 Å². The molecule has 3 N–H and O–H groups in total. The minimum atomic E-state index is -0.267. The summed E-state index contributed by atoms with van der Waals surface area (Å²) in [5.74, 6) is 0.574. The maximum absolute atomic E-state index is 13.3. The molecule has 55 heavy (non-hydrogen) atoms. The van der Waals surface area contributed by atoms with Gasteiger partial charge in [0.15, 0.2) is 0 Å². The fourth-order valence-corrected chi connectivity index (χ4v) is 8.34. The highest BCUT2D eigenvalue weighted by Crippen LogP contribution is 2.37. The third-order valence-electron chi connectivity index (χ3n) is 10.8. The van der Waals surface area contributed by atoms with Crippen LogP contribution in [-0.4, -0.2) is 45.2 Å². The number of carbonyl (C=O) groups is 2. The fourth-order valence-electron chi connectivity index (χ4n) is 8.34. The maximum Gasteiger partial charge on any atom is 0.323 e. The normalized spacial score (nSPS) is 13.6. The lowest BCUT2D eigenvalue weighted by molar-refractivity contribution is 0.102. The van der Waals surface area contributed by atoms with Crippen LogP contribution in [0.3, 0.4) is 0 Å². The van der Waals surface area contributed by atoms with Gasteiger partial charge in [0.05, 0.1) is 18.5 Å². The Hall–Kier alpha value is -5.76. The minimum absolute atomic E-state index is 0.0631. The van der Waals surface area contributed by atoms with Gasteiger partial charge in [0.25, 0.3) is 5.91 Å². The van der Waals surface area contributed by atoms with Gasteiger partial charge in [-0.1, -0.05) is 72.8 Å². The van der Waals surface area contributed by atoms with Gasteiger partial charge in [0.2, 0.25) is 0 Å². The summed E-state index contributed by atoms with van der Waals surface area (Å²) >= 11 is 0. The van der Waals surface area contributed by atoms with E-state index in [1.54, 1.807) is 7.11 Å². The average molecular weight is 738 g/mol. The van der Waals surface area contributed by atoms with Crippen LogP contribution < -0.4 is 30.5 Å². The molecule has 8 heteroatoms. The lowest BCUT2D eigenvalue weighted by Crippen LogP contribution is -2.24. The van der Waals surface area contributed by atoms with Crippen LogP contribution in [0, 0.1) is 41.5 Å². The molecule has 2 aliphatic heterocycles. The molecular weight excluding hydrogens is 683 g/mol. The van der Waals surface area contributed by atoms with Crippen molar-refractivity contribution in [1.82, 2.24) is 0 Å². The third kappa shape index (κ3) is 8.80. The molecule has 5 aromatic rings. The maximum atomic E-state index is 13.3. The Bertz CT molecular complexity index is 2150. The first-order valence-corrected chi connectivity index (χ1v) is 19.5. The number of rotatable bonds is 8. The van der Waals surface area contributed by atoms with Gasteiger partial charge < -0.3 is 30.5 Å². The molecule has 2 heterocycles. The summed E-state index contributed by atoms with van der Waals surface area (Å²) in [7, 11) is 1.59. The van der Waals surface area contributed by atoms with Gasteiger partial charge in [-0.2, -0.15) is 0 Å². The molecule has 286 valence electrons. The van der Waals surface area contributed by atoms with Gasteiger partial charge in [-0.25, -0.2) is 4.79 Å². The van der Waals surface area contributed by atoms with Crippen molar-refractivity contribution >= 4 is 40.4 Å². The molecule has 2 fully saturated rings. The standard InChI is InChI=1S/C26H28N2O.C21H27N3O2/c1-18-17-19(2)25(28-15-9-10-16-28)20(3)24(18)27-26(29)23-14-8-7-13-22(23)21-11-5-4-6-12-21;1-14-13-15(2)20(24-11-7-8-12-24)16(3)19(14)23-21(25)22-17-9-5-6-10-18(17)26-4/h4-8,11-14,17H,9-10,15-16H2,1-3H3,(H,27,29);5-6,9-10,13H,7-8,11-12H2,1-4H3,(H2,22,23,25). The zero-order valence-electron chi connectivity index (χ0n) is 33.4. The topological polar surface area (TPSA) is 85.9 Å². The van der Waals surface area contributed by atoms with Crippen LogP contribution in [-0.2, 0) is 0 Å². The highest BCUT2D eigenvalue weighted by molar-refractivity contribution is 6.09. The fraction of sp³-hybridized carbons (Fsp3) is 0.319. The number of hydrogen-bond acceptors (Lipinski definition) is 5. The summed E-state index contributed by atoms with van der Waals surface area (Å²) in [4.78, 5) is 30.8. The van der Waals surface area contributed by atoms with Crippen LogP contribution in [0.4, 0.5) is 33.2 Å². The molecule has 3 amide bonds. The number of benzene rings is 5. The number of nitrogens with one attached hydrogen (secondary N) is 3. The highest BCUT2D eigenvalue weighted by atomic mass is 16.5. The molecule has 2 aliphatic rings. The number of amides is 3. The van der Waals surface area contributed by atoms with E-state index in [9.17, 15) is 9.59 Å². The van der Waals surface area contributed by atoms with E-state index in [-0.39, 0.29) is 11.9 Å². The Morgan fingerprint density at radius 1 is 0.564 bits per heavy atom. The zero-order valence-corrected chi connectivity index (χ0v) is 33.4. The molecule has 7 rings (SSSR count). The lowest BCUT2D eigenvalue weighted by atomic mass is 9.98. The predicted octanol–water partition coefficient (Wildman–Crippen LogP) is 11.0. The first kappa shape index (κ1) is 38.9. The summed E-state index contributed by atoms with van der Waals surface area (Å²) < 4.78 is 5.30. The van der Waals surface area contributed by atoms with Crippen LogP contribution in [0.5, 0.6) is 5.75 Å². The number of nitrogens with zero attached hydrogens (tertiary/aromatic N) is 2. The molecule has 0 unspecified atom stereocenters. The second-order valence-electron chi connectivity index (χ2n) is 14.8. The van der Waals surface area contributed by atoms with Crippen molar-refractivity contribution in [2.45, 2.75) is 67.2 Å². The molecule has 8 nitrogen and oxygen atoms in total. The lowest BCUT2D eigenvalue weighted by Gasteiger charge is -2.26. The summed E-state index contributed by atoms with van der Waals surface area (Å²) in [6.45, 7) is 17.0. The van der Waals surface area contributed by atoms with Gasteiger partial charge in [-0.3, -0.25) is 4.79 Å². The third-order valence-corrected chi connectivity index (χ3v) is 10.8. The van der Waals surface area contributed by atoms with Gasteiger partial charge in [0, 0.05) is 48.8 Å². The summed E-state index contributed by atoms with van der Waals surface area (Å²) in [5.41, 5.74) is 14.7. The summed E-state index contributed by atoms with van der Waals surface area (Å²) in [6.07, 6.45) is 4.92. The van der Waals surface area contributed by atoms with E-state index in [1.165, 1.54) is 48.2 Å². The number of carbonyl (C=O) groups excluding carboxylic acids is 2. The smallest absolute Gasteiger partial charge is 0.323 e. The Balaban J connectivity index is 0.000000188. The number of hydrogen-bond donors (Lipinski definition) is 3. The number of urea groups is 1. The molecule has 0 bridgehead atoms. The largest absolute Gasteiger partial charge is 0.495 e. The Morgan fingerprint density at radius 2 is 1.05 bits per heavy atom. The van der Waals surface area contributed by atoms with Crippen molar-refractivity contribution in [2.75, 3.05) is 59.0 Å². The van der Waals surface area contributed by atoms with Crippen molar-refractivity contribution in [3.8, 4) is 16.9 Å². The second-order valence-corrected chi connectivity index (χ2v) is 14.8. The van der Waals surface area contributed by atoms with Crippen LogP contribution in [0.15, 0.2) is 91.0 Å². The first-order chi connectivity index (χ1) is 26.6. The van der Waals surface area contributed by atoms with Crippen molar-refractivity contribution < 1.29 is 14.3 Å². The molecule has 0 radical (unpaired) electrons. The number of anilines is 5. The number of para-hydroxylation sites is 2.